The summed E-state index contributed by atoms with van der Waals surface area (Å²) in [6.45, 7) is 1.60. The Balaban J connectivity index is 1.95. The summed E-state index contributed by atoms with van der Waals surface area (Å²) in [5, 5.41) is 3.32. The highest BCUT2D eigenvalue weighted by atomic mass is 35.5. The van der Waals surface area contributed by atoms with E-state index in [2.05, 4.69) is 5.32 Å². The average molecular weight is 352 g/mol. The highest BCUT2D eigenvalue weighted by Crippen LogP contribution is 2.21. The van der Waals surface area contributed by atoms with Gasteiger partial charge in [-0.3, -0.25) is 4.79 Å². The Morgan fingerprint density at radius 3 is 2.57 bits per heavy atom. The van der Waals surface area contributed by atoms with Crippen LogP contribution in [0.3, 0.4) is 0 Å². The second-order valence-electron chi connectivity index (χ2n) is 4.76. The van der Waals surface area contributed by atoms with E-state index in [1.165, 1.54) is 18.2 Å². The Morgan fingerprint density at radius 2 is 1.87 bits per heavy atom. The Kier molecular flexibility index (Phi) is 6.02. The molecule has 0 spiro atoms. The van der Waals surface area contributed by atoms with Gasteiger partial charge in [0.05, 0.1) is 10.6 Å². The number of esters is 1. The van der Waals surface area contributed by atoms with Gasteiger partial charge in [0.15, 0.2) is 6.61 Å². The second-order valence-corrected chi connectivity index (χ2v) is 5.60. The lowest BCUT2D eigenvalue weighted by molar-refractivity contribution is -0.119. The molecule has 0 aliphatic heterocycles. The summed E-state index contributed by atoms with van der Waals surface area (Å²) in [5.41, 5.74) is 1.88. The first-order valence-electron chi connectivity index (χ1n) is 7.01. The minimum absolute atomic E-state index is 0.165. The van der Waals surface area contributed by atoms with Crippen LogP contribution in [0.5, 0.6) is 0 Å². The number of ether oxygens (including phenoxy) is 1. The van der Waals surface area contributed by atoms with E-state index in [0.717, 1.165) is 12.0 Å². The molecule has 23 heavy (non-hydrogen) atoms. The summed E-state index contributed by atoms with van der Waals surface area (Å²) >= 11 is 11.7. The van der Waals surface area contributed by atoms with Gasteiger partial charge in [-0.2, -0.15) is 0 Å². The fourth-order valence-corrected chi connectivity index (χ4v) is 2.49. The third kappa shape index (κ3) is 4.71. The molecule has 0 aromatic heterocycles. The van der Waals surface area contributed by atoms with Gasteiger partial charge in [0.25, 0.3) is 5.91 Å². The van der Waals surface area contributed by atoms with E-state index in [-0.39, 0.29) is 10.6 Å². The van der Waals surface area contributed by atoms with Crippen LogP contribution < -0.4 is 5.32 Å². The molecule has 1 amide bonds. The van der Waals surface area contributed by atoms with Gasteiger partial charge < -0.3 is 10.1 Å². The molecule has 1 N–H and O–H groups in total. The summed E-state index contributed by atoms with van der Waals surface area (Å²) < 4.78 is 4.98. The molecule has 0 radical (unpaired) electrons. The van der Waals surface area contributed by atoms with Crippen molar-refractivity contribution >= 4 is 40.8 Å². The highest BCUT2D eigenvalue weighted by Gasteiger charge is 2.14. The predicted octanol–water partition coefficient (Wildman–Crippen LogP) is 4.35. The number of halogens is 2. The molecule has 0 aliphatic rings. The normalized spacial score (nSPS) is 10.2. The minimum atomic E-state index is -0.675. The number of benzene rings is 2. The standard InChI is InChI=1S/C17H15Cl2NO3/c1-2-11-5-3-4-6-15(11)20-16(21)10-23-17(22)13-8-7-12(18)9-14(13)19/h3-9H,2,10H2,1H3,(H,20,21). The number of amides is 1. The molecule has 4 nitrogen and oxygen atoms in total. The molecule has 0 saturated carbocycles. The summed E-state index contributed by atoms with van der Waals surface area (Å²) in [7, 11) is 0. The quantitative estimate of drug-likeness (QED) is 0.814. The van der Waals surface area contributed by atoms with Gasteiger partial charge in [0.1, 0.15) is 0 Å². The number of rotatable bonds is 5. The third-order valence-corrected chi connectivity index (χ3v) is 3.71. The van der Waals surface area contributed by atoms with Crippen molar-refractivity contribution in [3.63, 3.8) is 0 Å². The molecule has 0 bridgehead atoms. The smallest absolute Gasteiger partial charge is 0.340 e. The fourth-order valence-electron chi connectivity index (χ4n) is 2.00. The summed E-state index contributed by atoms with van der Waals surface area (Å²) in [6.07, 6.45) is 0.788. The zero-order valence-electron chi connectivity index (χ0n) is 12.4. The molecule has 0 aliphatic carbocycles. The Hall–Kier alpha value is -2.04. The van der Waals surface area contributed by atoms with E-state index in [1.807, 2.05) is 25.1 Å². The van der Waals surface area contributed by atoms with Gasteiger partial charge >= 0.3 is 5.97 Å². The number of nitrogens with one attached hydrogen (secondary N) is 1. The van der Waals surface area contributed by atoms with E-state index in [1.54, 1.807) is 6.07 Å². The maximum absolute atomic E-state index is 11.9. The van der Waals surface area contributed by atoms with Gasteiger partial charge in [0.2, 0.25) is 0 Å². The van der Waals surface area contributed by atoms with Crippen LogP contribution in [-0.4, -0.2) is 18.5 Å². The van der Waals surface area contributed by atoms with Gasteiger partial charge in [-0.25, -0.2) is 4.79 Å². The van der Waals surface area contributed by atoms with E-state index in [4.69, 9.17) is 27.9 Å². The molecule has 2 aromatic carbocycles. The highest BCUT2D eigenvalue weighted by molar-refractivity contribution is 6.36. The van der Waals surface area contributed by atoms with Crippen LogP contribution in [0.25, 0.3) is 0 Å². The molecule has 6 heteroatoms. The van der Waals surface area contributed by atoms with Crippen LogP contribution in [0, 0.1) is 0 Å². The Morgan fingerprint density at radius 1 is 1.13 bits per heavy atom. The molecular weight excluding hydrogens is 337 g/mol. The van der Waals surface area contributed by atoms with Gasteiger partial charge in [0, 0.05) is 10.7 Å². The number of aryl methyl sites for hydroxylation is 1. The maximum Gasteiger partial charge on any atom is 0.340 e. The number of hydrogen-bond donors (Lipinski definition) is 1. The topological polar surface area (TPSA) is 55.4 Å². The van der Waals surface area contributed by atoms with Crippen LogP contribution in [0.2, 0.25) is 10.0 Å². The molecule has 0 fully saturated rings. The zero-order chi connectivity index (χ0) is 16.8. The predicted molar refractivity (Wildman–Crippen MR) is 91.2 cm³/mol. The molecule has 120 valence electrons. The molecule has 0 saturated heterocycles. The van der Waals surface area contributed by atoms with Crippen molar-refractivity contribution in [2.75, 3.05) is 11.9 Å². The van der Waals surface area contributed by atoms with Crippen molar-refractivity contribution in [2.45, 2.75) is 13.3 Å². The monoisotopic (exact) mass is 351 g/mol. The second kappa shape index (κ2) is 7.99. The molecule has 2 rings (SSSR count). The number of hydrogen-bond acceptors (Lipinski definition) is 3. The number of carbonyl (C=O) groups excluding carboxylic acids is 2. The average Bonchev–Trinajstić information content (AvgIpc) is 2.53. The fraction of sp³-hybridized carbons (Fsp3) is 0.176. The summed E-state index contributed by atoms with van der Waals surface area (Å²) in [5.74, 6) is -1.09. The van der Waals surface area contributed by atoms with E-state index in [0.29, 0.717) is 10.7 Å². The van der Waals surface area contributed by atoms with Crippen LogP contribution >= 0.6 is 23.2 Å². The molecule has 2 aromatic rings. The van der Waals surface area contributed by atoms with Crippen molar-refractivity contribution in [1.82, 2.24) is 0 Å². The van der Waals surface area contributed by atoms with Gasteiger partial charge in [-0.15, -0.1) is 0 Å². The minimum Gasteiger partial charge on any atom is -0.452 e. The van der Waals surface area contributed by atoms with Crippen LogP contribution in [-0.2, 0) is 16.0 Å². The summed E-state index contributed by atoms with van der Waals surface area (Å²) in [4.78, 5) is 23.8. The van der Waals surface area contributed by atoms with Gasteiger partial charge in [-0.05, 0) is 36.2 Å². The zero-order valence-corrected chi connectivity index (χ0v) is 13.9. The molecule has 0 unspecified atom stereocenters. The largest absolute Gasteiger partial charge is 0.452 e. The maximum atomic E-state index is 11.9. The summed E-state index contributed by atoms with van der Waals surface area (Å²) in [6, 6.07) is 11.9. The van der Waals surface area contributed by atoms with Crippen LogP contribution in [0.1, 0.15) is 22.8 Å². The first-order valence-corrected chi connectivity index (χ1v) is 7.76. The lowest BCUT2D eigenvalue weighted by atomic mass is 10.1. The number of para-hydroxylation sites is 1. The first kappa shape index (κ1) is 17.3. The van der Waals surface area contributed by atoms with Crippen molar-refractivity contribution in [2.24, 2.45) is 0 Å². The van der Waals surface area contributed by atoms with Gasteiger partial charge in [-0.1, -0.05) is 48.3 Å². The van der Waals surface area contributed by atoms with Crippen molar-refractivity contribution in [1.29, 1.82) is 0 Å². The third-order valence-electron chi connectivity index (χ3n) is 3.16. The number of carbonyl (C=O) groups is 2. The van der Waals surface area contributed by atoms with Crippen molar-refractivity contribution in [3.8, 4) is 0 Å². The van der Waals surface area contributed by atoms with E-state index >= 15 is 0 Å². The lowest BCUT2D eigenvalue weighted by Gasteiger charge is -2.10. The molecule has 0 atom stereocenters. The van der Waals surface area contributed by atoms with Crippen LogP contribution in [0.15, 0.2) is 42.5 Å². The van der Waals surface area contributed by atoms with E-state index < -0.39 is 18.5 Å². The Bertz CT molecular complexity index is 732. The van der Waals surface area contributed by atoms with Crippen molar-refractivity contribution in [3.05, 3.63) is 63.6 Å². The number of anilines is 1. The van der Waals surface area contributed by atoms with Crippen LogP contribution in [0.4, 0.5) is 5.69 Å². The Labute approximate surface area is 144 Å². The lowest BCUT2D eigenvalue weighted by Crippen LogP contribution is -2.21. The van der Waals surface area contributed by atoms with E-state index in [9.17, 15) is 9.59 Å². The van der Waals surface area contributed by atoms with Crippen molar-refractivity contribution < 1.29 is 14.3 Å². The molecule has 0 heterocycles. The molecular formula is C17H15Cl2NO3. The SMILES string of the molecule is CCc1ccccc1NC(=O)COC(=O)c1ccc(Cl)cc1Cl. The first-order chi connectivity index (χ1) is 11.0.